The maximum Gasteiger partial charge on any atom is 0.313 e. The molecule has 37 heavy (non-hydrogen) atoms. The van der Waals surface area contributed by atoms with Crippen LogP contribution in [0.25, 0.3) is 0 Å². The van der Waals surface area contributed by atoms with Crippen molar-refractivity contribution in [3.63, 3.8) is 0 Å². The van der Waals surface area contributed by atoms with Crippen molar-refractivity contribution in [2.45, 2.75) is 194 Å². The van der Waals surface area contributed by atoms with Gasteiger partial charge >= 0.3 is 11.9 Å². The van der Waals surface area contributed by atoms with Crippen molar-refractivity contribution in [2.75, 3.05) is 0 Å². The average molecular weight is 521 g/mol. The molecule has 0 amide bonds. The standard InChI is InChI=1S/C34H64O3/c1-3-5-7-9-11-13-15-17-18-20-22-24-26-28-30-32-34(36)37-33(35)31-29-27-25-23-21-19-16-14-12-10-8-6-4-2/h14,16H,3-13,15,17-32H2,1-2H3/b16-14-. The van der Waals surface area contributed by atoms with Crippen LogP contribution in [0.2, 0.25) is 0 Å². The highest BCUT2D eigenvalue weighted by Gasteiger charge is 2.09. The number of esters is 2. The molecular weight excluding hydrogens is 456 g/mol. The minimum atomic E-state index is -0.336. The highest BCUT2D eigenvalue weighted by molar-refractivity contribution is 5.85. The van der Waals surface area contributed by atoms with Crippen LogP contribution in [0.15, 0.2) is 12.2 Å². The smallest absolute Gasteiger partial charge is 0.313 e. The second-order valence-electron chi connectivity index (χ2n) is 11.2. The Bertz CT molecular complexity index is 511. The summed E-state index contributed by atoms with van der Waals surface area (Å²) in [7, 11) is 0. The fourth-order valence-corrected chi connectivity index (χ4v) is 4.86. The Morgan fingerprint density at radius 1 is 0.405 bits per heavy atom. The molecule has 0 aromatic rings. The molecule has 0 aromatic heterocycles. The molecule has 0 aliphatic carbocycles. The second-order valence-corrected chi connectivity index (χ2v) is 11.2. The van der Waals surface area contributed by atoms with Crippen LogP contribution in [0.1, 0.15) is 194 Å². The first-order valence-corrected chi connectivity index (χ1v) is 16.6. The number of carbonyl (C=O) groups excluding carboxylic acids is 2. The van der Waals surface area contributed by atoms with Gasteiger partial charge in [0.25, 0.3) is 0 Å². The molecule has 0 spiro atoms. The van der Waals surface area contributed by atoms with E-state index in [9.17, 15) is 9.59 Å². The van der Waals surface area contributed by atoms with Crippen molar-refractivity contribution in [3.05, 3.63) is 12.2 Å². The predicted octanol–water partition coefficient (Wildman–Crippen LogP) is 11.6. The molecule has 0 saturated heterocycles. The van der Waals surface area contributed by atoms with Crippen molar-refractivity contribution in [1.29, 1.82) is 0 Å². The van der Waals surface area contributed by atoms with E-state index < -0.39 is 0 Å². The van der Waals surface area contributed by atoms with Crippen molar-refractivity contribution in [3.8, 4) is 0 Å². The molecule has 0 aromatic carbocycles. The summed E-state index contributed by atoms with van der Waals surface area (Å²) in [4.78, 5) is 23.7. The van der Waals surface area contributed by atoms with Crippen LogP contribution in [0.4, 0.5) is 0 Å². The highest BCUT2D eigenvalue weighted by atomic mass is 16.6. The summed E-state index contributed by atoms with van der Waals surface area (Å²) in [5.41, 5.74) is 0. The fraction of sp³-hybridized carbons (Fsp3) is 0.882. The van der Waals surface area contributed by atoms with Crippen molar-refractivity contribution >= 4 is 11.9 Å². The molecule has 0 rings (SSSR count). The molecule has 0 bridgehead atoms. The summed E-state index contributed by atoms with van der Waals surface area (Å²) in [5.74, 6) is -0.668. The Labute approximate surface area is 232 Å². The zero-order chi connectivity index (χ0) is 27.1. The van der Waals surface area contributed by atoms with Gasteiger partial charge in [0.05, 0.1) is 0 Å². The third kappa shape index (κ3) is 31.0. The number of carbonyl (C=O) groups is 2. The van der Waals surface area contributed by atoms with Gasteiger partial charge < -0.3 is 4.74 Å². The van der Waals surface area contributed by atoms with Gasteiger partial charge in [0.1, 0.15) is 0 Å². The number of hydrogen-bond acceptors (Lipinski definition) is 3. The fourth-order valence-electron chi connectivity index (χ4n) is 4.86. The van der Waals surface area contributed by atoms with E-state index in [4.69, 9.17) is 4.74 Å². The van der Waals surface area contributed by atoms with Gasteiger partial charge in [0.2, 0.25) is 0 Å². The van der Waals surface area contributed by atoms with Gasteiger partial charge in [-0.05, 0) is 38.5 Å². The normalized spacial score (nSPS) is 11.4. The van der Waals surface area contributed by atoms with Gasteiger partial charge in [0.15, 0.2) is 0 Å². The summed E-state index contributed by atoms with van der Waals surface area (Å²) in [6.07, 6.45) is 38.3. The third-order valence-corrected chi connectivity index (χ3v) is 7.35. The molecule has 0 heterocycles. The summed E-state index contributed by atoms with van der Waals surface area (Å²) in [6.45, 7) is 4.53. The largest absolute Gasteiger partial charge is 0.393 e. The van der Waals surface area contributed by atoms with E-state index in [2.05, 4.69) is 26.0 Å². The quantitative estimate of drug-likeness (QED) is 0.0426. The Morgan fingerprint density at radius 2 is 0.676 bits per heavy atom. The lowest BCUT2D eigenvalue weighted by Gasteiger charge is -2.04. The van der Waals surface area contributed by atoms with E-state index in [1.54, 1.807) is 0 Å². The number of unbranched alkanes of at least 4 members (excludes halogenated alkanes) is 23. The zero-order valence-corrected chi connectivity index (χ0v) is 25.2. The van der Waals surface area contributed by atoms with Crippen LogP contribution >= 0.6 is 0 Å². The Kier molecular flexibility index (Phi) is 30.2. The number of allylic oxidation sites excluding steroid dienone is 2. The van der Waals surface area contributed by atoms with Crippen molar-refractivity contribution < 1.29 is 14.3 Å². The van der Waals surface area contributed by atoms with E-state index in [1.165, 1.54) is 135 Å². The van der Waals surface area contributed by atoms with Gasteiger partial charge in [-0.1, -0.05) is 154 Å². The molecule has 218 valence electrons. The summed E-state index contributed by atoms with van der Waals surface area (Å²) < 4.78 is 4.99. The summed E-state index contributed by atoms with van der Waals surface area (Å²) >= 11 is 0. The van der Waals surface area contributed by atoms with Crippen LogP contribution in [0.5, 0.6) is 0 Å². The van der Waals surface area contributed by atoms with Crippen LogP contribution in [-0.4, -0.2) is 11.9 Å². The Hall–Kier alpha value is -1.12. The van der Waals surface area contributed by atoms with Gasteiger partial charge in [0, 0.05) is 12.8 Å². The SMILES string of the molecule is CCCCCC/C=C\CCCCCCCC(=O)OC(=O)CCCCCCCCCCCCCCCCC. The maximum atomic E-state index is 11.9. The molecule has 0 saturated carbocycles. The Balaban J connectivity index is 3.32. The molecule has 0 N–H and O–H groups in total. The minimum Gasteiger partial charge on any atom is -0.393 e. The zero-order valence-electron chi connectivity index (χ0n) is 25.2. The van der Waals surface area contributed by atoms with Gasteiger partial charge in [-0.25, -0.2) is 0 Å². The molecule has 0 aliphatic heterocycles. The van der Waals surface area contributed by atoms with E-state index in [0.717, 1.165) is 32.1 Å². The van der Waals surface area contributed by atoms with Crippen molar-refractivity contribution in [1.82, 2.24) is 0 Å². The molecular formula is C34H64O3. The lowest BCUT2D eigenvalue weighted by molar-refractivity contribution is -0.159. The maximum absolute atomic E-state index is 11.9. The second kappa shape index (κ2) is 31.1. The molecule has 3 nitrogen and oxygen atoms in total. The molecule has 0 atom stereocenters. The average Bonchev–Trinajstić information content (AvgIpc) is 2.89. The lowest BCUT2D eigenvalue weighted by Crippen LogP contribution is -2.11. The summed E-state index contributed by atoms with van der Waals surface area (Å²) in [6, 6.07) is 0. The number of rotatable bonds is 29. The number of hydrogen-bond donors (Lipinski definition) is 0. The van der Waals surface area contributed by atoms with E-state index in [-0.39, 0.29) is 11.9 Å². The van der Waals surface area contributed by atoms with E-state index in [0.29, 0.717) is 12.8 Å². The molecule has 0 unspecified atom stereocenters. The lowest BCUT2D eigenvalue weighted by atomic mass is 10.0. The predicted molar refractivity (Wildman–Crippen MR) is 161 cm³/mol. The molecule has 0 aliphatic rings. The first-order chi connectivity index (χ1) is 18.2. The first-order valence-electron chi connectivity index (χ1n) is 16.6. The van der Waals surface area contributed by atoms with Crippen LogP contribution < -0.4 is 0 Å². The Morgan fingerprint density at radius 3 is 1.03 bits per heavy atom. The molecule has 0 fully saturated rings. The third-order valence-electron chi connectivity index (χ3n) is 7.35. The van der Waals surface area contributed by atoms with Crippen LogP contribution in [0, 0.1) is 0 Å². The highest BCUT2D eigenvalue weighted by Crippen LogP contribution is 2.14. The van der Waals surface area contributed by atoms with Crippen molar-refractivity contribution in [2.24, 2.45) is 0 Å². The van der Waals surface area contributed by atoms with E-state index >= 15 is 0 Å². The first kappa shape index (κ1) is 35.9. The van der Waals surface area contributed by atoms with Crippen LogP contribution in [0.3, 0.4) is 0 Å². The minimum absolute atomic E-state index is 0.332. The monoisotopic (exact) mass is 520 g/mol. The van der Waals surface area contributed by atoms with Gasteiger partial charge in [-0.3, -0.25) is 9.59 Å². The molecule has 0 radical (unpaired) electrons. The molecule has 3 heteroatoms. The van der Waals surface area contributed by atoms with Gasteiger partial charge in [-0.15, -0.1) is 0 Å². The summed E-state index contributed by atoms with van der Waals surface area (Å²) in [5, 5.41) is 0. The topological polar surface area (TPSA) is 43.4 Å². The van der Waals surface area contributed by atoms with Gasteiger partial charge in [-0.2, -0.15) is 0 Å². The van der Waals surface area contributed by atoms with E-state index in [1.807, 2.05) is 0 Å². The number of ether oxygens (including phenoxy) is 1. The van der Waals surface area contributed by atoms with Crippen LogP contribution in [-0.2, 0) is 14.3 Å².